The lowest BCUT2D eigenvalue weighted by molar-refractivity contribution is 0.448. The van der Waals surface area contributed by atoms with Crippen LogP contribution in [0.3, 0.4) is 0 Å². The van der Waals surface area contributed by atoms with Gasteiger partial charge in [0.1, 0.15) is 10.3 Å². The third-order valence-electron chi connectivity index (χ3n) is 2.14. The highest BCUT2D eigenvalue weighted by Gasteiger charge is 2.08. The molecule has 1 aromatic carbocycles. The average molecular weight is 281 g/mol. The van der Waals surface area contributed by atoms with Gasteiger partial charge in [-0.2, -0.15) is 4.98 Å². The maximum atomic E-state index is 11.4. The van der Waals surface area contributed by atoms with Gasteiger partial charge in [0.25, 0.3) is 5.56 Å². The Balaban J connectivity index is 2.61. The van der Waals surface area contributed by atoms with Crippen LogP contribution in [0.4, 0.5) is 0 Å². The van der Waals surface area contributed by atoms with Crippen molar-refractivity contribution in [2.75, 3.05) is 0 Å². The molecule has 82 valence electrons. The quantitative estimate of drug-likeness (QED) is 0.842. The number of benzene rings is 1. The highest BCUT2D eigenvalue weighted by atomic mass is 79.9. The Morgan fingerprint density at radius 1 is 1.44 bits per heavy atom. The molecule has 0 unspecified atom stereocenters. The van der Waals surface area contributed by atoms with Gasteiger partial charge in [0, 0.05) is 5.56 Å². The maximum absolute atomic E-state index is 11.4. The Labute approximate surface area is 100 Å². The van der Waals surface area contributed by atoms with E-state index in [1.54, 1.807) is 0 Å². The Hall–Kier alpha value is -1.62. The molecule has 5 heteroatoms. The van der Waals surface area contributed by atoms with E-state index in [2.05, 4.69) is 25.9 Å². The molecule has 0 amide bonds. The molecule has 0 atom stereocenters. The van der Waals surface area contributed by atoms with E-state index in [-0.39, 0.29) is 10.4 Å². The molecule has 4 nitrogen and oxygen atoms in total. The van der Waals surface area contributed by atoms with Gasteiger partial charge in [-0.3, -0.25) is 4.79 Å². The minimum atomic E-state index is -0.399. The third kappa shape index (κ3) is 1.99. The molecule has 0 fully saturated rings. The van der Waals surface area contributed by atoms with E-state index in [9.17, 15) is 9.90 Å². The van der Waals surface area contributed by atoms with Crippen molar-refractivity contribution in [1.82, 2.24) is 9.97 Å². The van der Waals surface area contributed by atoms with Crippen LogP contribution in [0, 0.1) is 6.92 Å². The largest absolute Gasteiger partial charge is 0.492 e. The third-order valence-corrected chi connectivity index (χ3v) is 2.85. The van der Waals surface area contributed by atoms with Crippen LogP contribution in [0.15, 0.2) is 33.5 Å². The van der Waals surface area contributed by atoms with Gasteiger partial charge in [-0.25, -0.2) is 0 Å². The number of hydrogen-bond donors (Lipinski definition) is 2. The molecule has 2 aromatic rings. The predicted molar refractivity (Wildman–Crippen MR) is 64.4 cm³/mol. The zero-order valence-corrected chi connectivity index (χ0v) is 10.1. The van der Waals surface area contributed by atoms with Gasteiger partial charge in [0.2, 0.25) is 5.88 Å². The van der Waals surface area contributed by atoms with Crippen molar-refractivity contribution < 1.29 is 5.11 Å². The van der Waals surface area contributed by atoms with Crippen LogP contribution < -0.4 is 5.56 Å². The minimum Gasteiger partial charge on any atom is -0.492 e. The van der Waals surface area contributed by atoms with Crippen LogP contribution in [0.1, 0.15) is 5.56 Å². The van der Waals surface area contributed by atoms with E-state index in [1.165, 1.54) is 0 Å². The second-order valence-electron chi connectivity index (χ2n) is 3.42. The molecule has 16 heavy (non-hydrogen) atoms. The maximum Gasteiger partial charge on any atom is 0.269 e. The van der Waals surface area contributed by atoms with E-state index >= 15 is 0 Å². The van der Waals surface area contributed by atoms with Crippen molar-refractivity contribution >= 4 is 15.9 Å². The van der Waals surface area contributed by atoms with Crippen molar-refractivity contribution in [3.05, 3.63) is 44.7 Å². The molecule has 0 bridgehead atoms. The summed E-state index contributed by atoms with van der Waals surface area (Å²) in [5.74, 6) is 0.0506. The summed E-state index contributed by atoms with van der Waals surface area (Å²) in [7, 11) is 0. The summed E-state index contributed by atoms with van der Waals surface area (Å²) >= 11 is 2.94. The molecular weight excluding hydrogens is 272 g/mol. The Morgan fingerprint density at radius 3 is 2.81 bits per heavy atom. The lowest BCUT2D eigenvalue weighted by atomic mass is 10.1. The molecule has 0 radical (unpaired) electrons. The van der Waals surface area contributed by atoms with Crippen LogP contribution in [-0.4, -0.2) is 15.1 Å². The number of aromatic amines is 1. The molecule has 1 heterocycles. The van der Waals surface area contributed by atoms with Crippen molar-refractivity contribution in [2.24, 2.45) is 0 Å². The highest BCUT2D eigenvalue weighted by molar-refractivity contribution is 9.10. The molecular formula is C11H9BrN2O2. The summed E-state index contributed by atoms with van der Waals surface area (Å²) in [6.45, 7) is 1.94. The highest BCUT2D eigenvalue weighted by Crippen LogP contribution is 2.21. The van der Waals surface area contributed by atoms with Gasteiger partial charge in [0.05, 0.1) is 0 Å². The first-order valence-electron chi connectivity index (χ1n) is 4.64. The van der Waals surface area contributed by atoms with E-state index in [0.29, 0.717) is 5.82 Å². The van der Waals surface area contributed by atoms with E-state index < -0.39 is 5.56 Å². The van der Waals surface area contributed by atoms with Crippen LogP contribution >= 0.6 is 15.9 Å². The predicted octanol–water partition coefficient (Wildman–Crippen LogP) is 2.21. The van der Waals surface area contributed by atoms with Crippen LogP contribution in [0.2, 0.25) is 0 Å². The Bertz CT molecular complexity index is 593. The summed E-state index contributed by atoms with van der Waals surface area (Å²) < 4.78 is 0.0453. The molecule has 0 saturated carbocycles. The van der Waals surface area contributed by atoms with Crippen molar-refractivity contribution in [3.8, 4) is 17.3 Å². The van der Waals surface area contributed by atoms with E-state index in [0.717, 1.165) is 11.1 Å². The number of halogens is 1. The normalized spacial score (nSPS) is 10.4. The summed E-state index contributed by atoms with van der Waals surface area (Å²) in [4.78, 5) is 17.9. The first kappa shape index (κ1) is 10.9. The first-order valence-corrected chi connectivity index (χ1v) is 5.43. The minimum absolute atomic E-state index is 0.0453. The number of nitrogens with one attached hydrogen (secondary N) is 1. The van der Waals surface area contributed by atoms with Gasteiger partial charge < -0.3 is 10.1 Å². The van der Waals surface area contributed by atoms with Crippen LogP contribution in [0.5, 0.6) is 5.88 Å². The fourth-order valence-corrected chi connectivity index (χ4v) is 1.56. The lowest BCUT2D eigenvalue weighted by Crippen LogP contribution is -2.09. The number of H-pyrrole nitrogens is 1. The summed E-state index contributed by atoms with van der Waals surface area (Å²) in [6, 6.07) is 7.51. The van der Waals surface area contributed by atoms with E-state index in [1.807, 2.05) is 31.2 Å². The number of aryl methyl sites for hydroxylation is 1. The zero-order valence-electron chi connectivity index (χ0n) is 8.49. The fourth-order valence-electron chi connectivity index (χ4n) is 1.38. The van der Waals surface area contributed by atoms with Crippen molar-refractivity contribution in [1.29, 1.82) is 0 Å². The number of aromatic nitrogens is 2. The second-order valence-corrected chi connectivity index (χ2v) is 4.21. The molecule has 1 aromatic heterocycles. The molecule has 0 aliphatic carbocycles. The Kier molecular flexibility index (Phi) is 2.78. The lowest BCUT2D eigenvalue weighted by Gasteiger charge is -2.03. The van der Waals surface area contributed by atoms with Gasteiger partial charge in [-0.05, 0) is 28.9 Å². The number of nitrogens with zero attached hydrogens (tertiary/aromatic N) is 1. The second kappa shape index (κ2) is 4.09. The number of hydrogen-bond acceptors (Lipinski definition) is 3. The van der Waals surface area contributed by atoms with Gasteiger partial charge in [-0.15, -0.1) is 0 Å². The van der Waals surface area contributed by atoms with Crippen molar-refractivity contribution in [3.63, 3.8) is 0 Å². The van der Waals surface area contributed by atoms with Crippen LogP contribution in [-0.2, 0) is 0 Å². The molecule has 2 N–H and O–H groups in total. The number of aromatic hydroxyl groups is 1. The van der Waals surface area contributed by atoms with Gasteiger partial charge >= 0.3 is 0 Å². The Morgan fingerprint density at radius 2 is 2.19 bits per heavy atom. The fraction of sp³-hybridized carbons (Fsp3) is 0.0909. The summed E-state index contributed by atoms with van der Waals surface area (Å²) in [5.41, 5.74) is 1.42. The molecule has 0 aliphatic heterocycles. The summed E-state index contributed by atoms with van der Waals surface area (Å²) in [5, 5.41) is 9.43. The van der Waals surface area contributed by atoms with E-state index in [4.69, 9.17) is 0 Å². The summed E-state index contributed by atoms with van der Waals surface area (Å²) in [6.07, 6.45) is 0. The first-order chi connectivity index (χ1) is 7.58. The SMILES string of the molecule is Cc1cccc(-c2nc(O)c(Br)c(=O)[nH]2)c1. The molecule has 0 saturated heterocycles. The van der Waals surface area contributed by atoms with Crippen molar-refractivity contribution in [2.45, 2.75) is 6.92 Å². The molecule has 2 rings (SSSR count). The smallest absolute Gasteiger partial charge is 0.269 e. The topological polar surface area (TPSA) is 66.0 Å². The average Bonchev–Trinajstić information content (AvgIpc) is 2.25. The van der Waals surface area contributed by atoms with Gasteiger partial charge in [-0.1, -0.05) is 23.8 Å². The standard InChI is InChI=1S/C11H9BrN2O2/c1-6-3-2-4-7(5-6)9-13-10(15)8(12)11(16)14-9/h2-5H,1H3,(H2,13,14,15,16). The van der Waals surface area contributed by atoms with Crippen LogP contribution in [0.25, 0.3) is 11.4 Å². The zero-order chi connectivity index (χ0) is 11.7. The monoisotopic (exact) mass is 280 g/mol. The van der Waals surface area contributed by atoms with Gasteiger partial charge in [0.15, 0.2) is 0 Å². The number of rotatable bonds is 1. The molecule has 0 aliphatic rings. The molecule has 0 spiro atoms.